The molecule has 0 spiro atoms. The average Bonchev–Trinajstić information content (AvgIpc) is 3.85. The molecule has 0 fully saturated rings. The topological polar surface area (TPSA) is 215 Å². The highest BCUT2D eigenvalue weighted by Gasteiger charge is 2.33. The van der Waals surface area contributed by atoms with Gasteiger partial charge in [-0.25, -0.2) is 16.2 Å². The Morgan fingerprint density at radius 1 is 0.859 bits per heavy atom. The summed E-state index contributed by atoms with van der Waals surface area (Å²) >= 11 is 0. The zero-order valence-corrected chi connectivity index (χ0v) is 36.8. The third-order valence-corrected chi connectivity index (χ3v) is 10.9. The van der Waals surface area contributed by atoms with Crippen LogP contribution in [0.2, 0.25) is 0 Å². The number of amides is 2. The fourth-order valence-electron chi connectivity index (χ4n) is 7.81. The first kappa shape index (κ1) is 48.7. The van der Waals surface area contributed by atoms with Crippen LogP contribution in [0.1, 0.15) is 114 Å². The van der Waals surface area contributed by atoms with E-state index in [1.54, 1.807) is 6.07 Å². The Morgan fingerprint density at radius 3 is 2.12 bits per heavy atom. The molecule has 0 atom stereocenters. The van der Waals surface area contributed by atoms with Crippen LogP contribution >= 0.6 is 0 Å². The summed E-state index contributed by atoms with van der Waals surface area (Å²) in [5, 5.41) is 31.5. The maximum atomic E-state index is 13.6. The number of aliphatic hydroxyl groups is 2. The van der Waals surface area contributed by atoms with Gasteiger partial charge in [-0.1, -0.05) is 12.2 Å². The van der Waals surface area contributed by atoms with Crippen LogP contribution in [0.3, 0.4) is 0 Å². The molecule has 3 N–H and O–H groups in total. The molecule has 64 heavy (non-hydrogen) atoms. The molecule has 2 aromatic heterocycles. The fraction of sp³-hybridized carbons (Fsp3) is 0.500. The van der Waals surface area contributed by atoms with Gasteiger partial charge < -0.3 is 53.1 Å². The van der Waals surface area contributed by atoms with E-state index in [1.807, 2.05) is 12.1 Å². The van der Waals surface area contributed by atoms with Crippen LogP contribution in [0.4, 0.5) is 5.69 Å². The van der Waals surface area contributed by atoms with Crippen molar-refractivity contribution in [3.63, 3.8) is 0 Å². The van der Waals surface area contributed by atoms with E-state index in [-0.39, 0.29) is 77.1 Å². The predicted molar refractivity (Wildman–Crippen MR) is 237 cm³/mol. The number of β-amino-alcohol motifs (C(OH)–C–C–N with tert-alkyl or cyclic N) is 1. The monoisotopic (exact) mass is 882 g/mol. The molecule has 3 heterocycles. The summed E-state index contributed by atoms with van der Waals surface area (Å²) in [6.45, 7) is 7.75. The quantitative estimate of drug-likeness (QED) is 0.0236. The normalized spacial score (nSPS) is 12.3. The minimum absolute atomic E-state index is 0.100. The van der Waals surface area contributed by atoms with Crippen molar-refractivity contribution in [2.45, 2.75) is 96.3 Å². The molecule has 16 nitrogen and oxygen atoms in total. The number of aryl methyl sites for hydroxylation is 4. The maximum Gasteiger partial charge on any atom is 0.342 e. The first-order valence-corrected chi connectivity index (χ1v) is 22.0. The molecular formula is C48H58N4O12. The van der Waals surface area contributed by atoms with Crippen molar-refractivity contribution in [3.8, 4) is 17.6 Å². The van der Waals surface area contributed by atoms with Gasteiger partial charge in [0.2, 0.25) is 18.4 Å². The number of nitrogens with one attached hydrogen (secondary N) is 1. The van der Waals surface area contributed by atoms with E-state index in [2.05, 4.69) is 28.4 Å². The van der Waals surface area contributed by atoms with Crippen molar-refractivity contribution in [2.75, 3.05) is 65.2 Å². The third-order valence-electron chi connectivity index (χ3n) is 10.9. The molecule has 0 aliphatic carbocycles. The van der Waals surface area contributed by atoms with E-state index in [0.717, 1.165) is 36.8 Å². The van der Waals surface area contributed by atoms with Gasteiger partial charge in [-0.05, 0) is 87.1 Å². The highest BCUT2D eigenvalue weighted by Crippen LogP contribution is 2.45. The number of carbonyl (C=O) groups is 4. The molecule has 0 bridgehead atoms. The average molecular weight is 883 g/mol. The zero-order chi connectivity index (χ0) is 45.8. The largest absolute Gasteiger partial charge is 0.493 e. The zero-order valence-electron chi connectivity index (χ0n) is 36.8. The standard InChI is InChI=1S/C48H58N4O12/c1-50-22-14-16-37-41(34-29-32(17-19-39(55)51-23-25-53)30-38(59-2)44(34)63-37)47(57)61-27-12-8-6-4-5-7-9-13-28-62-48(58)42-35-31-33-18-20-40(56)52(24-26-54)43(33)46(60-3)45(35)64-36(42)15-10-11-21-49/h4-5,29-31,53-54H,6-20,22-28H2,2-3H3,(H,51,55)/b5-4-. The Kier molecular flexibility index (Phi) is 19.1. The van der Waals surface area contributed by atoms with Gasteiger partial charge in [-0.3, -0.25) is 9.59 Å². The number of esters is 2. The molecule has 16 heteroatoms. The number of nitrogens with zero attached hydrogens (tertiary/aromatic N) is 3. The van der Waals surface area contributed by atoms with Crippen LogP contribution in [-0.4, -0.2) is 94.2 Å². The smallest absolute Gasteiger partial charge is 0.342 e. The molecule has 0 saturated heterocycles. The van der Waals surface area contributed by atoms with Crippen LogP contribution in [0.5, 0.6) is 11.5 Å². The van der Waals surface area contributed by atoms with E-state index in [1.165, 1.54) is 19.1 Å². The number of nitriles is 1. The van der Waals surface area contributed by atoms with Gasteiger partial charge in [-0.2, -0.15) is 5.26 Å². The van der Waals surface area contributed by atoms with Crippen LogP contribution in [0, 0.1) is 17.9 Å². The Bertz CT molecular complexity index is 2370. The van der Waals surface area contributed by atoms with Crippen molar-refractivity contribution < 1.29 is 57.2 Å². The van der Waals surface area contributed by atoms with Gasteiger partial charge in [0.1, 0.15) is 22.6 Å². The van der Waals surface area contributed by atoms with Gasteiger partial charge in [0, 0.05) is 62.4 Å². The highest BCUT2D eigenvalue weighted by molar-refractivity contribution is 6.10. The lowest BCUT2D eigenvalue weighted by Crippen LogP contribution is -2.37. The molecular weight excluding hydrogens is 825 g/mol. The maximum absolute atomic E-state index is 13.6. The Labute approximate surface area is 372 Å². The van der Waals surface area contributed by atoms with E-state index in [4.69, 9.17) is 44.7 Å². The third kappa shape index (κ3) is 12.4. The van der Waals surface area contributed by atoms with Crippen LogP contribution in [-0.2, 0) is 44.7 Å². The summed E-state index contributed by atoms with van der Waals surface area (Å²) in [4.78, 5) is 57.0. The lowest BCUT2D eigenvalue weighted by Gasteiger charge is -2.30. The van der Waals surface area contributed by atoms with E-state index in [9.17, 15) is 24.3 Å². The number of allylic oxidation sites excluding steroid dienone is 2. The molecule has 5 rings (SSSR count). The number of ether oxygens (including phenoxy) is 4. The number of furan rings is 2. The number of rotatable bonds is 27. The fourth-order valence-corrected chi connectivity index (χ4v) is 7.81. The summed E-state index contributed by atoms with van der Waals surface area (Å²) in [5.41, 5.74) is 3.42. The Balaban J connectivity index is 1.10. The number of benzene rings is 2. The minimum Gasteiger partial charge on any atom is -0.493 e. The Morgan fingerprint density at radius 2 is 1.52 bits per heavy atom. The first-order chi connectivity index (χ1) is 31.2. The SMILES string of the molecule is [C-]#[N+]CCCc1oc2c(OC)cc(CCC(=O)NCCO)cc2c1C(=O)OCCCC/C=C\CCCCOC(=O)c1c(CCCC#N)oc2c(OC)c3c(cc12)CCC(=O)N3CCO. The summed E-state index contributed by atoms with van der Waals surface area (Å²) in [6.07, 6.45) is 11.9. The number of methoxy groups -OCH3 is 2. The molecule has 342 valence electrons. The number of aliphatic hydroxyl groups excluding tert-OH is 2. The van der Waals surface area contributed by atoms with Gasteiger partial charge in [0.15, 0.2) is 22.7 Å². The van der Waals surface area contributed by atoms with E-state index < -0.39 is 11.9 Å². The van der Waals surface area contributed by atoms with Gasteiger partial charge in [-0.15, -0.1) is 0 Å². The molecule has 2 amide bonds. The molecule has 0 radical (unpaired) electrons. The number of hydrogen-bond acceptors (Lipinski definition) is 13. The van der Waals surface area contributed by atoms with Gasteiger partial charge in [0.25, 0.3) is 0 Å². The summed E-state index contributed by atoms with van der Waals surface area (Å²) in [7, 11) is 2.98. The molecule has 0 unspecified atom stereocenters. The predicted octanol–water partition coefficient (Wildman–Crippen LogP) is 7.12. The molecule has 0 saturated carbocycles. The minimum atomic E-state index is -0.526. The Hall–Kier alpha value is -6.36. The van der Waals surface area contributed by atoms with Crippen LogP contribution < -0.4 is 19.7 Å². The summed E-state index contributed by atoms with van der Waals surface area (Å²) in [6, 6.07) is 7.55. The number of unbranched alkanes of at least 4 members (excludes halogenated alkanes) is 5. The highest BCUT2D eigenvalue weighted by atomic mass is 16.5. The number of hydrogen-bond donors (Lipinski definition) is 3. The lowest BCUT2D eigenvalue weighted by molar-refractivity contribution is -0.121. The van der Waals surface area contributed by atoms with Crippen LogP contribution in [0.15, 0.2) is 39.2 Å². The van der Waals surface area contributed by atoms with Crippen molar-refractivity contribution in [2.24, 2.45) is 0 Å². The molecule has 2 aromatic carbocycles. The number of fused-ring (bicyclic) bond motifs is 3. The van der Waals surface area contributed by atoms with Crippen LogP contribution in [0.25, 0.3) is 26.8 Å². The van der Waals surface area contributed by atoms with Crippen molar-refractivity contribution in [1.82, 2.24) is 5.32 Å². The summed E-state index contributed by atoms with van der Waals surface area (Å²) in [5.74, 6) is 0.176. The van der Waals surface area contributed by atoms with Gasteiger partial charge in [0.05, 0.1) is 52.4 Å². The van der Waals surface area contributed by atoms with E-state index in [0.29, 0.717) is 113 Å². The second-order valence-electron chi connectivity index (χ2n) is 15.3. The second-order valence-corrected chi connectivity index (χ2v) is 15.3. The number of carbonyl (C=O) groups excluding carboxylic acids is 4. The first-order valence-electron chi connectivity index (χ1n) is 22.0. The van der Waals surface area contributed by atoms with E-state index >= 15 is 0 Å². The second kappa shape index (κ2) is 25.1. The van der Waals surface area contributed by atoms with Crippen molar-refractivity contribution in [3.05, 3.63) is 75.5 Å². The molecule has 1 aliphatic heterocycles. The lowest BCUT2D eigenvalue weighted by atomic mass is 9.96. The number of anilines is 1. The van der Waals surface area contributed by atoms with Crippen molar-refractivity contribution >= 4 is 51.4 Å². The van der Waals surface area contributed by atoms with Crippen molar-refractivity contribution in [1.29, 1.82) is 5.26 Å². The summed E-state index contributed by atoms with van der Waals surface area (Å²) < 4.78 is 35.2. The molecule has 1 aliphatic rings. The van der Waals surface area contributed by atoms with Gasteiger partial charge >= 0.3 is 11.9 Å². The molecule has 4 aromatic rings.